The summed E-state index contributed by atoms with van der Waals surface area (Å²) in [4.78, 5) is 10.6. The summed E-state index contributed by atoms with van der Waals surface area (Å²) in [6, 6.07) is 5.79. The van der Waals surface area contributed by atoms with Crippen LogP contribution in [-0.4, -0.2) is 17.1 Å². The second-order valence-corrected chi connectivity index (χ2v) is 5.18. The minimum absolute atomic E-state index is 0.519. The van der Waals surface area contributed by atoms with Crippen molar-refractivity contribution in [2.24, 2.45) is 5.73 Å². The van der Waals surface area contributed by atoms with Crippen LogP contribution >= 0.6 is 0 Å². The number of carboxylic acid groups (broad SMARTS) is 1. The third-order valence-electron chi connectivity index (χ3n) is 3.32. The maximum atomic E-state index is 10.6. The van der Waals surface area contributed by atoms with Crippen molar-refractivity contribution in [1.29, 1.82) is 0 Å². The molecule has 3 N–H and O–H groups in total. The Morgan fingerprint density at radius 1 is 1.39 bits per heavy atom. The molecule has 1 aromatic carbocycles. The van der Waals surface area contributed by atoms with Gasteiger partial charge in [-0.15, -0.1) is 0 Å². The fourth-order valence-corrected chi connectivity index (χ4v) is 1.96. The number of benzene rings is 1. The average molecular weight is 249 g/mol. The summed E-state index contributed by atoms with van der Waals surface area (Å²) in [7, 11) is 0. The van der Waals surface area contributed by atoms with Crippen LogP contribution in [0.4, 0.5) is 0 Å². The van der Waals surface area contributed by atoms with Gasteiger partial charge in [0.25, 0.3) is 0 Å². The van der Waals surface area contributed by atoms with Crippen molar-refractivity contribution in [3.05, 3.63) is 34.9 Å². The Morgan fingerprint density at radius 2 is 2.06 bits per heavy atom. The first-order valence-corrected chi connectivity index (χ1v) is 6.49. The van der Waals surface area contributed by atoms with Crippen LogP contribution in [0.15, 0.2) is 18.2 Å². The van der Waals surface area contributed by atoms with Gasteiger partial charge in [-0.3, -0.25) is 4.79 Å². The predicted octanol–water partition coefficient (Wildman–Crippen LogP) is 2.85. The number of aliphatic carboxylic acids is 1. The van der Waals surface area contributed by atoms with Crippen LogP contribution < -0.4 is 5.73 Å². The predicted molar refractivity (Wildman–Crippen MR) is 73.8 cm³/mol. The van der Waals surface area contributed by atoms with Gasteiger partial charge in [0, 0.05) is 0 Å². The average Bonchev–Trinajstić information content (AvgIpc) is 2.30. The maximum Gasteiger partial charge on any atom is 0.320 e. The van der Waals surface area contributed by atoms with Gasteiger partial charge in [-0.05, 0) is 48.8 Å². The van der Waals surface area contributed by atoms with Gasteiger partial charge in [0.1, 0.15) is 6.04 Å². The van der Waals surface area contributed by atoms with E-state index in [9.17, 15) is 4.79 Å². The second-order valence-electron chi connectivity index (χ2n) is 5.18. The van der Waals surface area contributed by atoms with E-state index in [0.717, 1.165) is 12.8 Å². The minimum atomic E-state index is -0.914. The van der Waals surface area contributed by atoms with Crippen LogP contribution in [0.5, 0.6) is 0 Å². The smallest absolute Gasteiger partial charge is 0.320 e. The monoisotopic (exact) mass is 249 g/mol. The molecule has 1 unspecified atom stereocenters. The molecule has 0 aromatic heterocycles. The molecule has 1 rings (SSSR count). The lowest BCUT2D eigenvalue weighted by atomic mass is 9.94. The summed E-state index contributed by atoms with van der Waals surface area (Å²) in [6.07, 6.45) is 2.24. The summed E-state index contributed by atoms with van der Waals surface area (Å²) in [5.74, 6) is -0.395. The van der Waals surface area contributed by atoms with Crippen molar-refractivity contribution in [2.45, 2.75) is 52.0 Å². The number of aryl methyl sites for hydroxylation is 2. The Hall–Kier alpha value is -1.35. The molecule has 3 heteroatoms. The van der Waals surface area contributed by atoms with Crippen LogP contribution in [0.25, 0.3) is 0 Å². The molecule has 0 bridgehead atoms. The van der Waals surface area contributed by atoms with E-state index < -0.39 is 12.0 Å². The van der Waals surface area contributed by atoms with E-state index in [2.05, 4.69) is 39.0 Å². The molecular formula is C15H23NO2. The van der Waals surface area contributed by atoms with Crippen molar-refractivity contribution in [3.8, 4) is 0 Å². The molecular weight excluding hydrogens is 226 g/mol. The van der Waals surface area contributed by atoms with Gasteiger partial charge in [0.15, 0.2) is 0 Å². The highest BCUT2D eigenvalue weighted by Crippen LogP contribution is 2.20. The Balaban J connectivity index is 2.61. The quantitative estimate of drug-likeness (QED) is 0.814. The number of hydrogen-bond acceptors (Lipinski definition) is 2. The van der Waals surface area contributed by atoms with Crippen LogP contribution in [0.1, 0.15) is 49.3 Å². The van der Waals surface area contributed by atoms with Crippen LogP contribution in [0.2, 0.25) is 0 Å². The number of rotatable bonds is 6. The molecule has 0 aliphatic rings. The molecule has 0 amide bonds. The topological polar surface area (TPSA) is 63.3 Å². The first-order valence-electron chi connectivity index (χ1n) is 6.49. The van der Waals surface area contributed by atoms with Crippen molar-refractivity contribution in [2.75, 3.05) is 0 Å². The highest BCUT2D eigenvalue weighted by atomic mass is 16.4. The van der Waals surface area contributed by atoms with Crippen LogP contribution in [-0.2, 0) is 11.2 Å². The second kappa shape index (κ2) is 6.55. The molecule has 0 heterocycles. The summed E-state index contributed by atoms with van der Waals surface area (Å²) < 4.78 is 0. The van der Waals surface area contributed by atoms with Gasteiger partial charge < -0.3 is 10.8 Å². The van der Waals surface area contributed by atoms with Gasteiger partial charge in [-0.2, -0.15) is 0 Å². The fourth-order valence-electron chi connectivity index (χ4n) is 1.96. The first-order chi connectivity index (χ1) is 8.41. The van der Waals surface area contributed by atoms with Gasteiger partial charge in [-0.25, -0.2) is 0 Å². The zero-order chi connectivity index (χ0) is 13.7. The van der Waals surface area contributed by atoms with E-state index in [1.807, 2.05) is 0 Å². The maximum absolute atomic E-state index is 10.6. The molecule has 0 aliphatic heterocycles. The summed E-state index contributed by atoms with van der Waals surface area (Å²) in [6.45, 7) is 6.44. The molecule has 0 saturated carbocycles. The van der Waals surface area contributed by atoms with E-state index >= 15 is 0 Å². The Morgan fingerprint density at radius 3 is 2.61 bits per heavy atom. The SMILES string of the molecule is Cc1ccc(C(C)C)cc1CCCC(N)C(=O)O. The van der Waals surface area contributed by atoms with E-state index in [0.29, 0.717) is 12.3 Å². The number of carboxylic acids is 1. The van der Waals surface area contributed by atoms with Crippen LogP contribution in [0.3, 0.4) is 0 Å². The van der Waals surface area contributed by atoms with Gasteiger partial charge >= 0.3 is 5.97 Å². The first kappa shape index (κ1) is 14.7. The Bertz CT molecular complexity index is 413. The van der Waals surface area contributed by atoms with Crippen molar-refractivity contribution in [3.63, 3.8) is 0 Å². The fraction of sp³-hybridized carbons (Fsp3) is 0.533. The van der Waals surface area contributed by atoms with E-state index in [1.54, 1.807) is 0 Å². The number of hydrogen-bond donors (Lipinski definition) is 2. The van der Waals surface area contributed by atoms with E-state index in [4.69, 9.17) is 10.8 Å². The third-order valence-corrected chi connectivity index (χ3v) is 3.32. The molecule has 0 aliphatic carbocycles. The lowest BCUT2D eigenvalue weighted by Crippen LogP contribution is -2.29. The lowest BCUT2D eigenvalue weighted by Gasteiger charge is -2.12. The lowest BCUT2D eigenvalue weighted by molar-refractivity contribution is -0.138. The molecule has 0 spiro atoms. The molecule has 3 nitrogen and oxygen atoms in total. The molecule has 0 radical (unpaired) electrons. The summed E-state index contributed by atoms with van der Waals surface area (Å²) in [5.41, 5.74) is 9.40. The van der Waals surface area contributed by atoms with Gasteiger partial charge in [0.2, 0.25) is 0 Å². The third kappa shape index (κ3) is 4.15. The van der Waals surface area contributed by atoms with Crippen molar-refractivity contribution < 1.29 is 9.90 Å². The zero-order valence-corrected chi connectivity index (χ0v) is 11.4. The highest BCUT2D eigenvalue weighted by molar-refractivity contribution is 5.72. The number of carbonyl (C=O) groups is 1. The van der Waals surface area contributed by atoms with Crippen LogP contribution in [0, 0.1) is 6.92 Å². The highest BCUT2D eigenvalue weighted by Gasteiger charge is 2.11. The van der Waals surface area contributed by atoms with Gasteiger partial charge in [-0.1, -0.05) is 32.0 Å². The molecule has 100 valence electrons. The number of nitrogens with two attached hydrogens (primary N) is 1. The molecule has 0 fully saturated rings. The van der Waals surface area contributed by atoms with Crippen molar-refractivity contribution >= 4 is 5.97 Å². The van der Waals surface area contributed by atoms with Crippen molar-refractivity contribution in [1.82, 2.24) is 0 Å². The van der Waals surface area contributed by atoms with Gasteiger partial charge in [0.05, 0.1) is 0 Å². The molecule has 0 saturated heterocycles. The summed E-state index contributed by atoms with van der Waals surface area (Å²) >= 11 is 0. The summed E-state index contributed by atoms with van der Waals surface area (Å²) in [5, 5.41) is 8.73. The Labute approximate surface area is 109 Å². The molecule has 18 heavy (non-hydrogen) atoms. The minimum Gasteiger partial charge on any atom is -0.480 e. The molecule has 1 atom stereocenters. The Kier molecular flexibility index (Phi) is 5.35. The zero-order valence-electron chi connectivity index (χ0n) is 11.4. The normalized spacial score (nSPS) is 12.7. The largest absolute Gasteiger partial charge is 0.480 e. The standard InChI is InChI=1S/C15H23NO2/c1-10(2)12-8-7-11(3)13(9-12)5-4-6-14(16)15(17)18/h7-10,14H,4-6,16H2,1-3H3,(H,17,18). The van der Waals surface area contributed by atoms with E-state index in [-0.39, 0.29) is 0 Å². The molecule has 1 aromatic rings. The van der Waals surface area contributed by atoms with E-state index in [1.165, 1.54) is 16.7 Å².